The molecule has 1 saturated heterocycles. The van der Waals surface area contributed by atoms with Crippen molar-refractivity contribution in [3.63, 3.8) is 0 Å². The quantitative estimate of drug-likeness (QED) is 0.922. The molecule has 1 aliphatic rings. The largest absolute Gasteiger partial charge is 0.479 e. The molecule has 1 amide bonds. The molecule has 0 spiro atoms. The van der Waals surface area contributed by atoms with E-state index in [1.807, 2.05) is 0 Å². The topological polar surface area (TPSA) is 76.1 Å². The molecule has 1 N–H and O–H groups in total. The molecule has 130 valence electrons. The highest BCUT2D eigenvalue weighted by atomic mass is 19.1. The number of rotatable bonds is 4. The summed E-state index contributed by atoms with van der Waals surface area (Å²) in [4.78, 5) is 24.9. The maximum Gasteiger partial charge on any atom is 0.334 e. The number of carboxylic acids is 1. The summed E-state index contributed by atoms with van der Waals surface area (Å²) < 4.78 is 23.8. The van der Waals surface area contributed by atoms with E-state index in [1.165, 1.54) is 17.0 Å². The van der Waals surface area contributed by atoms with E-state index in [9.17, 15) is 14.0 Å². The summed E-state index contributed by atoms with van der Waals surface area (Å²) in [5.41, 5.74) is 0.414. The first-order chi connectivity index (χ1) is 12.0. The maximum absolute atomic E-state index is 13.2. The number of benzene rings is 2. The maximum atomic E-state index is 13.2. The average molecular weight is 345 g/mol. The molecule has 0 aliphatic carbocycles. The van der Waals surface area contributed by atoms with Crippen LogP contribution in [-0.4, -0.2) is 47.7 Å². The van der Waals surface area contributed by atoms with Crippen molar-refractivity contribution in [3.05, 3.63) is 59.9 Å². The Morgan fingerprint density at radius 2 is 1.92 bits per heavy atom. The van der Waals surface area contributed by atoms with E-state index in [-0.39, 0.29) is 19.1 Å². The Kier molecular flexibility index (Phi) is 4.95. The van der Waals surface area contributed by atoms with Crippen LogP contribution in [0.4, 0.5) is 4.39 Å². The lowest BCUT2D eigenvalue weighted by atomic mass is 10.1. The first-order valence-corrected chi connectivity index (χ1v) is 7.70. The van der Waals surface area contributed by atoms with Crippen LogP contribution in [0.15, 0.2) is 48.5 Å². The van der Waals surface area contributed by atoms with Gasteiger partial charge in [0.05, 0.1) is 13.2 Å². The molecule has 3 rings (SSSR count). The molecule has 6 nitrogen and oxygen atoms in total. The average Bonchev–Trinajstić information content (AvgIpc) is 2.62. The zero-order valence-corrected chi connectivity index (χ0v) is 13.2. The lowest BCUT2D eigenvalue weighted by Gasteiger charge is -2.30. The number of amides is 1. The number of hydrogen-bond acceptors (Lipinski definition) is 4. The fourth-order valence-corrected chi connectivity index (χ4v) is 2.50. The zero-order chi connectivity index (χ0) is 17.8. The number of carbonyl (C=O) groups excluding carboxylic acids is 1. The van der Waals surface area contributed by atoms with Gasteiger partial charge in [-0.2, -0.15) is 0 Å². The number of morpholine rings is 1. The van der Waals surface area contributed by atoms with Crippen molar-refractivity contribution in [1.29, 1.82) is 0 Å². The number of hydrogen-bond donors (Lipinski definition) is 1. The lowest BCUT2D eigenvalue weighted by Crippen LogP contribution is -2.48. The van der Waals surface area contributed by atoms with Crippen LogP contribution >= 0.6 is 0 Å². The van der Waals surface area contributed by atoms with Crippen LogP contribution in [-0.2, 0) is 9.53 Å². The minimum absolute atomic E-state index is 0.00963. The van der Waals surface area contributed by atoms with Crippen molar-refractivity contribution in [2.75, 3.05) is 19.7 Å². The van der Waals surface area contributed by atoms with Crippen LogP contribution in [0.2, 0.25) is 0 Å². The zero-order valence-electron chi connectivity index (χ0n) is 13.2. The molecule has 1 unspecified atom stereocenters. The minimum atomic E-state index is -1.09. The third-order valence-corrected chi connectivity index (χ3v) is 3.76. The summed E-state index contributed by atoms with van der Waals surface area (Å²) in [6.07, 6.45) is -1.01. The van der Waals surface area contributed by atoms with Gasteiger partial charge in [0.1, 0.15) is 17.3 Å². The van der Waals surface area contributed by atoms with Crippen molar-refractivity contribution < 1.29 is 28.6 Å². The molecular weight excluding hydrogens is 329 g/mol. The molecule has 0 saturated carbocycles. The number of halogens is 1. The second kappa shape index (κ2) is 7.31. The standard InChI is InChI=1S/C18H16FNO5/c19-13-2-1-3-15(10-13)25-14-6-4-12(5-7-14)17(21)20-8-9-24-16(11-20)18(22)23/h1-7,10,16H,8-9,11H2,(H,22,23). The normalized spacial score (nSPS) is 17.2. The Morgan fingerprint density at radius 3 is 2.60 bits per heavy atom. The SMILES string of the molecule is O=C(O)C1CN(C(=O)c2ccc(Oc3cccc(F)c3)cc2)CCO1. The summed E-state index contributed by atoms with van der Waals surface area (Å²) in [6.45, 7) is 0.531. The molecule has 25 heavy (non-hydrogen) atoms. The van der Waals surface area contributed by atoms with Crippen LogP contribution in [0.5, 0.6) is 11.5 Å². The van der Waals surface area contributed by atoms with Crippen LogP contribution in [0, 0.1) is 5.82 Å². The predicted octanol–water partition coefficient (Wildman–Crippen LogP) is 2.54. The monoisotopic (exact) mass is 345 g/mol. The van der Waals surface area contributed by atoms with Crippen molar-refractivity contribution >= 4 is 11.9 Å². The number of carboxylic acid groups (broad SMARTS) is 1. The summed E-state index contributed by atoms with van der Waals surface area (Å²) in [5, 5.41) is 9.00. The van der Waals surface area contributed by atoms with Gasteiger partial charge in [-0.15, -0.1) is 0 Å². The second-order valence-corrected chi connectivity index (χ2v) is 5.53. The van der Waals surface area contributed by atoms with Crippen molar-refractivity contribution in [2.45, 2.75) is 6.10 Å². The molecule has 2 aromatic rings. The van der Waals surface area contributed by atoms with Crippen molar-refractivity contribution in [2.24, 2.45) is 0 Å². The highest BCUT2D eigenvalue weighted by Crippen LogP contribution is 2.23. The Hall–Kier alpha value is -2.93. The van der Waals surface area contributed by atoms with Gasteiger partial charge in [0.25, 0.3) is 5.91 Å². The number of carbonyl (C=O) groups is 2. The Bertz CT molecular complexity index is 777. The number of aliphatic carboxylic acids is 1. The molecule has 1 fully saturated rings. The van der Waals surface area contributed by atoms with Gasteiger partial charge in [-0.25, -0.2) is 9.18 Å². The molecule has 0 bridgehead atoms. The molecule has 0 radical (unpaired) electrons. The number of ether oxygens (including phenoxy) is 2. The van der Waals surface area contributed by atoms with Gasteiger partial charge >= 0.3 is 5.97 Å². The third-order valence-electron chi connectivity index (χ3n) is 3.76. The van der Waals surface area contributed by atoms with E-state index >= 15 is 0 Å². The summed E-state index contributed by atoms with van der Waals surface area (Å²) in [7, 11) is 0. The molecule has 1 atom stereocenters. The first-order valence-electron chi connectivity index (χ1n) is 7.70. The minimum Gasteiger partial charge on any atom is -0.479 e. The van der Waals surface area contributed by atoms with E-state index < -0.39 is 17.9 Å². The lowest BCUT2D eigenvalue weighted by molar-refractivity contribution is -0.154. The Labute approximate surface area is 143 Å². The molecule has 7 heteroatoms. The first kappa shape index (κ1) is 16.9. The molecular formula is C18H16FNO5. The van der Waals surface area contributed by atoms with E-state index in [0.29, 0.717) is 23.6 Å². The molecule has 0 aromatic heterocycles. The second-order valence-electron chi connectivity index (χ2n) is 5.53. The molecule has 1 aliphatic heterocycles. The number of nitrogens with zero attached hydrogens (tertiary/aromatic N) is 1. The Morgan fingerprint density at radius 1 is 1.16 bits per heavy atom. The van der Waals surface area contributed by atoms with Gasteiger partial charge in [-0.05, 0) is 36.4 Å². The fraction of sp³-hybridized carbons (Fsp3) is 0.222. The third kappa shape index (κ3) is 4.13. The van der Waals surface area contributed by atoms with Crippen molar-refractivity contribution in [3.8, 4) is 11.5 Å². The van der Waals surface area contributed by atoms with E-state index in [0.717, 1.165) is 0 Å². The van der Waals surface area contributed by atoms with E-state index in [2.05, 4.69) is 0 Å². The van der Waals surface area contributed by atoms with Crippen LogP contribution in [0.1, 0.15) is 10.4 Å². The van der Waals surface area contributed by atoms with Gasteiger partial charge in [-0.3, -0.25) is 4.79 Å². The smallest absolute Gasteiger partial charge is 0.334 e. The highest BCUT2D eigenvalue weighted by molar-refractivity contribution is 5.94. The van der Waals surface area contributed by atoms with Crippen LogP contribution in [0.25, 0.3) is 0 Å². The predicted molar refractivity (Wildman–Crippen MR) is 86.2 cm³/mol. The molecule has 1 heterocycles. The summed E-state index contributed by atoms with van der Waals surface area (Å²) in [6, 6.07) is 12.1. The van der Waals surface area contributed by atoms with Gasteiger partial charge in [0, 0.05) is 18.2 Å². The fourth-order valence-electron chi connectivity index (χ4n) is 2.50. The summed E-state index contributed by atoms with van der Waals surface area (Å²) >= 11 is 0. The van der Waals surface area contributed by atoms with Gasteiger partial charge < -0.3 is 19.5 Å². The van der Waals surface area contributed by atoms with Crippen LogP contribution < -0.4 is 4.74 Å². The Balaban J connectivity index is 1.67. The van der Waals surface area contributed by atoms with Gasteiger partial charge in [0.2, 0.25) is 0 Å². The highest BCUT2D eigenvalue weighted by Gasteiger charge is 2.29. The van der Waals surface area contributed by atoms with E-state index in [4.69, 9.17) is 14.6 Å². The molecule has 2 aromatic carbocycles. The van der Waals surface area contributed by atoms with Crippen molar-refractivity contribution in [1.82, 2.24) is 4.90 Å². The summed E-state index contributed by atoms with van der Waals surface area (Å²) in [5.74, 6) is -0.933. The van der Waals surface area contributed by atoms with E-state index in [1.54, 1.807) is 36.4 Å². The van der Waals surface area contributed by atoms with Gasteiger partial charge in [0.15, 0.2) is 6.10 Å². The van der Waals surface area contributed by atoms with Gasteiger partial charge in [-0.1, -0.05) is 6.07 Å². The van der Waals surface area contributed by atoms with Crippen LogP contribution in [0.3, 0.4) is 0 Å².